The highest BCUT2D eigenvalue weighted by atomic mass is 16.5. The Hall–Kier alpha value is -1.51. The van der Waals surface area contributed by atoms with E-state index in [-0.39, 0.29) is 11.9 Å². The Morgan fingerprint density at radius 1 is 1.41 bits per heavy atom. The van der Waals surface area contributed by atoms with Crippen molar-refractivity contribution in [2.75, 3.05) is 13.7 Å². The Bertz CT molecular complexity index is 385. The van der Waals surface area contributed by atoms with Crippen LogP contribution in [0.5, 0.6) is 5.75 Å². The van der Waals surface area contributed by atoms with Crippen LogP contribution in [0, 0.1) is 12.8 Å². The number of aryl methyl sites for hydroxylation is 1. The van der Waals surface area contributed by atoms with Gasteiger partial charge in [-0.3, -0.25) is 4.79 Å². The van der Waals surface area contributed by atoms with Gasteiger partial charge in [0.05, 0.1) is 19.6 Å². The molecule has 94 valence electrons. The van der Waals surface area contributed by atoms with Crippen molar-refractivity contribution in [3.05, 3.63) is 29.3 Å². The van der Waals surface area contributed by atoms with E-state index in [0.29, 0.717) is 13.0 Å². The number of rotatable bonds is 5. The molecule has 0 saturated carbocycles. The van der Waals surface area contributed by atoms with Crippen molar-refractivity contribution in [1.82, 2.24) is 0 Å². The topological polar surface area (TPSA) is 35.5 Å². The second kappa shape index (κ2) is 6.28. The fourth-order valence-corrected chi connectivity index (χ4v) is 1.76. The standard InChI is InChI=1S/C14H20O3/c1-5-17-14(15)11(3)9-12-8-10(2)6-7-13(12)16-4/h6-8,11H,5,9H2,1-4H3. The monoisotopic (exact) mass is 236 g/mol. The SMILES string of the molecule is CCOC(=O)C(C)Cc1cc(C)ccc1OC. The van der Waals surface area contributed by atoms with E-state index in [2.05, 4.69) is 6.07 Å². The fourth-order valence-electron chi connectivity index (χ4n) is 1.76. The van der Waals surface area contributed by atoms with E-state index in [1.165, 1.54) is 0 Å². The summed E-state index contributed by atoms with van der Waals surface area (Å²) in [6.07, 6.45) is 0.643. The highest BCUT2D eigenvalue weighted by molar-refractivity contribution is 5.72. The summed E-state index contributed by atoms with van der Waals surface area (Å²) in [6.45, 7) is 6.14. The zero-order valence-electron chi connectivity index (χ0n) is 10.9. The van der Waals surface area contributed by atoms with Crippen LogP contribution in [0.2, 0.25) is 0 Å². The van der Waals surface area contributed by atoms with E-state index in [1.54, 1.807) is 7.11 Å². The molecule has 0 heterocycles. The van der Waals surface area contributed by atoms with E-state index < -0.39 is 0 Å². The van der Waals surface area contributed by atoms with Crippen LogP contribution in [0.25, 0.3) is 0 Å². The molecule has 0 radical (unpaired) electrons. The number of hydrogen-bond donors (Lipinski definition) is 0. The molecule has 0 bridgehead atoms. The number of methoxy groups -OCH3 is 1. The van der Waals surface area contributed by atoms with Crippen molar-refractivity contribution < 1.29 is 14.3 Å². The molecule has 0 aliphatic rings. The van der Waals surface area contributed by atoms with Gasteiger partial charge in [0.15, 0.2) is 0 Å². The molecule has 0 aliphatic carbocycles. The Balaban J connectivity index is 2.79. The number of carbonyl (C=O) groups is 1. The van der Waals surface area contributed by atoms with Crippen LogP contribution >= 0.6 is 0 Å². The molecule has 0 spiro atoms. The minimum Gasteiger partial charge on any atom is -0.496 e. The fraction of sp³-hybridized carbons (Fsp3) is 0.500. The lowest BCUT2D eigenvalue weighted by atomic mass is 9.99. The summed E-state index contributed by atoms with van der Waals surface area (Å²) in [7, 11) is 1.64. The number of hydrogen-bond acceptors (Lipinski definition) is 3. The van der Waals surface area contributed by atoms with Gasteiger partial charge in [0.2, 0.25) is 0 Å². The van der Waals surface area contributed by atoms with Crippen LogP contribution in [0.4, 0.5) is 0 Å². The molecule has 1 aromatic rings. The maximum Gasteiger partial charge on any atom is 0.308 e. The molecule has 0 aromatic heterocycles. The Labute approximate surface area is 103 Å². The van der Waals surface area contributed by atoms with Crippen LogP contribution in [0.1, 0.15) is 25.0 Å². The van der Waals surface area contributed by atoms with Crippen molar-refractivity contribution in [1.29, 1.82) is 0 Å². The second-order valence-electron chi connectivity index (χ2n) is 4.17. The average Bonchev–Trinajstić information content (AvgIpc) is 2.29. The molecule has 0 amide bonds. The lowest BCUT2D eigenvalue weighted by Gasteiger charge is -2.13. The van der Waals surface area contributed by atoms with Crippen LogP contribution in [0.3, 0.4) is 0 Å². The maximum atomic E-state index is 11.6. The first kappa shape index (κ1) is 13.6. The highest BCUT2D eigenvalue weighted by Gasteiger charge is 2.16. The third-order valence-electron chi connectivity index (χ3n) is 2.65. The Kier molecular flexibility index (Phi) is 5.01. The van der Waals surface area contributed by atoms with Gasteiger partial charge in [-0.25, -0.2) is 0 Å². The summed E-state index contributed by atoms with van der Waals surface area (Å²) in [4.78, 5) is 11.6. The van der Waals surface area contributed by atoms with Gasteiger partial charge in [-0.15, -0.1) is 0 Å². The quantitative estimate of drug-likeness (QED) is 0.737. The molecular weight excluding hydrogens is 216 g/mol. The molecule has 0 aliphatic heterocycles. The molecule has 1 rings (SSSR count). The van der Waals surface area contributed by atoms with Crippen LogP contribution in [-0.2, 0) is 16.0 Å². The number of ether oxygens (including phenoxy) is 2. The number of benzene rings is 1. The molecule has 0 saturated heterocycles. The molecule has 3 heteroatoms. The zero-order chi connectivity index (χ0) is 12.8. The van der Waals surface area contributed by atoms with E-state index in [0.717, 1.165) is 16.9 Å². The van der Waals surface area contributed by atoms with Gasteiger partial charge in [0.25, 0.3) is 0 Å². The predicted octanol–water partition coefficient (Wildman–Crippen LogP) is 2.75. The normalized spacial score (nSPS) is 12.0. The summed E-state index contributed by atoms with van der Waals surface area (Å²) in [5.41, 5.74) is 2.21. The van der Waals surface area contributed by atoms with Gasteiger partial charge in [-0.05, 0) is 31.9 Å². The predicted molar refractivity (Wildman–Crippen MR) is 67.2 cm³/mol. The molecule has 17 heavy (non-hydrogen) atoms. The first-order valence-corrected chi connectivity index (χ1v) is 5.88. The second-order valence-corrected chi connectivity index (χ2v) is 4.17. The minimum atomic E-state index is -0.156. The lowest BCUT2D eigenvalue weighted by molar-refractivity contribution is -0.147. The van der Waals surface area contributed by atoms with Gasteiger partial charge in [0, 0.05) is 0 Å². The third kappa shape index (κ3) is 3.77. The molecule has 0 fully saturated rings. The maximum absolute atomic E-state index is 11.6. The summed E-state index contributed by atoms with van der Waals surface area (Å²) >= 11 is 0. The molecule has 1 unspecified atom stereocenters. The molecular formula is C14H20O3. The van der Waals surface area contributed by atoms with E-state index in [1.807, 2.05) is 32.9 Å². The van der Waals surface area contributed by atoms with Gasteiger partial charge in [-0.1, -0.05) is 24.6 Å². The first-order valence-electron chi connectivity index (χ1n) is 5.88. The van der Waals surface area contributed by atoms with Crippen molar-refractivity contribution in [2.45, 2.75) is 27.2 Å². The molecule has 0 N–H and O–H groups in total. The number of esters is 1. The summed E-state index contributed by atoms with van der Waals surface area (Å²) < 4.78 is 10.3. The summed E-state index contributed by atoms with van der Waals surface area (Å²) in [5.74, 6) is 0.522. The van der Waals surface area contributed by atoms with Crippen LogP contribution in [-0.4, -0.2) is 19.7 Å². The summed E-state index contributed by atoms with van der Waals surface area (Å²) in [6, 6.07) is 5.98. The van der Waals surface area contributed by atoms with Gasteiger partial charge in [0.1, 0.15) is 5.75 Å². The van der Waals surface area contributed by atoms with E-state index in [4.69, 9.17) is 9.47 Å². The zero-order valence-corrected chi connectivity index (χ0v) is 10.9. The van der Waals surface area contributed by atoms with E-state index >= 15 is 0 Å². The van der Waals surface area contributed by atoms with Gasteiger partial charge >= 0.3 is 5.97 Å². The lowest BCUT2D eigenvalue weighted by Crippen LogP contribution is -2.17. The van der Waals surface area contributed by atoms with Crippen molar-refractivity contribution in [3.8, 4) is 5.75 Å². The smallest absolute Gasteiger partial charge is 0.308 e. The van der Waals surface area contributed by atoms with Gasteiger partial charge in [-0.2, -0.15) is 0 Å². The average molecular weight is 236 g/mol. The molecule has 1 aromatic carbocycles. The highest BCUT2D eigenvalue weighted by Crippen LogP contribution is 2.23. The third-order valence-corrected chi connectivity index (χ3v) is 2.65. The Morgan fingerprint density at radius 2 is 2.12 bits per heavy atom. The van der Waals surface area contributed by atoms with Crippen LogP contribution < -0.4 is 4.74 Å². The van der Waals surface area contributed by atoms with E-state index in [9.17, 15) is 4.79 Å². The van der Waals surface area contributed by atoms with Crippen molar-refractivity contribution in [3.63, 3.8) is 0 Å². The number of carbonyl (C=O) groups excluding carboxylic acids is 1. The van der Waals surface area contributed by atoms with Crippen LogP contribution in [0.15, 0.2) is 18.2 Å². The van der Waals surface area contributed by atoms with Gasteiger partial charge < -0.3 is 9.47 Å². The molecule has 3 nitrogen and oxygen atoms in total. The minimum absolute atomic E-state index is 0.148. The summed E-state index contributed by atoms with van der Waals surface area (Å²) in [5, 5.41) is 0. The largest absolute Gasteiger partial charge is 0.496 e. The van der Waals surface area contributed by atoms with Crippen molar-refractivity contribution in [2.24, 2.45) is 5.92 Å². The first-order chi connectivity index (χ1) is 8.08. The van der Waals surface area contributed by atoms with Crippen molar-refractivity contribution >= 4 is 5.97 Å². The molecule has 1 atom stereocenters. The Morgan fingerprint density at radius 3 is 2.71 bits per heavy atom.